The molecule has 2 amide bonds. The van der Waals surface area contributed by atoms with Crippen LogP contribution in [0.2, 0.25) is 0 Å². The topological polar surface area (TPSA) is 76.8 Å². The fourth-order valence-corrected chi connectivity index (χ4v) is 4.38. The average molecular weight is 416 g/mol. The van der Waals surface area contributed by atoms with Gasteiger partial charge < -0.3 is 15.2 Å². The molecule has 26 heavy (non-hydrogen) atoms. The number of piperidine rings is 1. The molecule has 1 aromatic carbocycles. The number of hydrogen-bond donors (Lipinski definition) is 3. The number of carbonyl (C=O) groups is 1. The molecule has 6 nitrogen and oxygen atoms in total. The number of carbonyl (C=O) groups excluding carboxylic acids is 1. The molecule has 136 valence electrons. The van der Waals surface area contributed by atoms with E-state index in [0.717, 1.165) is 47.9 Å². The van der Waals surface area contributed by atoms with Crippen molar-refractivity contribution >= 4 is 32.9 Å². The highest BCUT2D eigenvalue weighted by Crippen LogP contribution is 2.30. The number of halogens is 1. The molecule has 0 saturated carbocycles. The minimum atomic E-state index is 0.00297. The molecule has 1 saturated heterocycles. The Hall–Kier alpha value is -2.28. The largest absolute Gasteiger partial charge is 0.361 e. The number of aromatic nitrogens is 3. The third kappa shape index (κ3) is 3.35. The molecular weight excluding hydrogens is 394 g/mol. The number of urea groups is 1. The number of hydrogen-bond acceptors (Lipinski definition) is 2. The van der Waals surface area contributed by atoms with Crippen molar-refractivity contribution in [3.05, 3.63) is 52.4 Å². The van der Waals surface area contributed by atoms with Crippen LogP contribution in [0.5, 0.6) is 0 Å². The lowest BCUT2D eigenvalue weighted by atomic mass is 10.00. The number of H-pyrrole nitrogens is 2. The zero-order chi connectivity index (χ0) is 17.9. The molecule has 4 rings (SSSR count). The van der Waals surface area contributed by atoms with E-state index < -0.39 is 0 Å². The number of nitrogens with zero attached hydrogens (tertiary/aromatic N) is 2. The van der Waals surface area contributed by atoms with E-state index in [2.05, 4.69) is 42.5 Å². The van der Waals surface area contributed by atoms with Crippen LogP contribution in [0.4, 0.5) is 4.79 Å². The third-order valence-electron chi connectivity index (χ3n) is 5.05. The minimum absolute atomic E-state index is 0.00297. The molecule has 1 aliphatic heterocycles. The predicted octanol–water partition coefficient (Wildman–Crippen LogP) is 4.13. The van der Waals surface area contributed by atoms with Gasteiger partial charge in [0.05, 0.1) is 11.7 Å². The van der Waals surface area contributed by atoms with Gasteiger partial charge in [0.25, 0.3) is 0 Å². The quantitative estimate of drug-likeness (QED) is 0.598. The zero-order valence-corrected chi connectivity index (χ0v) is 16.1. The van der Waals surface area contributed by atoms with Gasteiger partial charge in [-0.1, -0.05) is 22.0 Å². The molecule has 3 heterocycles. The van der Waals surface area contributed by atoms with E-state index in [1.54, 1.807) is 6.20 Å². The summed E-state index contributed by atoms with van der Waals surface area (Å²) >= 11 is 3.62. The number of rotatable bonds is 4. The number of benzene rings is 1. The number of amides is 2. The molecule has 1 unspecified atom stereocenters. The van der Waals surface area contributed by atoms with E-state index in [4.69, 9.17) is 0 Å². The van der Waals surface area contributed by atoms with E-state index in [1.807, 2.05) is 29.3 Å². The fourth-order valence-electron chi connectivity index (χ4n) is 3.76. The van der Waals surface area contributed by atoms with Crippen LogP contribution < -0.4 is 5.32 Å². The van der Waals surface area contributed by atoms with Crippen LogP contribution in [0.25, 0.3) is 10.9 Å². The molecule has 2 aromatic heterocycles. The van der Waals surface area contributed by atoms with E-state index in [9.17, 15) is 4.79 Å². The fraction of sp³-hybridized carbons (Fsp3) is 0.368. The predicted molar refractivity (Wildman–Crippen MR) is 105 cm³/mol. The maximum absolute atomic E-state index is 12.7. The number of aromatic amines is 2. The smallest absolute Gasteiger partial charge is 0.317 e. The first-order valence-electron chi connectivity index (χ1n) is 9.02. The van der Waals surface area contributed by atoms with E-state index >= 15 is 0 Å². The second kappa shape index (κ2) is 7.53. The maximum atomic E-state index is 12.7. The Kier molecular flexibility index (Phi) is 4.97. The van der Waals surface area contributed by atoms with E-state index in [0.29, 0.717) is 6.54 Å². The van der Waals surface area contributed by atoms with Gasteiger partial charge in [-0.25, -0.2) is 4.79 Å². The van der Waals surface area contributed by atoms with Gasteiger partial charge in [-0.2, -0.15) is 5.10 Å². The Morgan fingerprint density at radius 3 is 3.12 bits per heavy atom. The van der Waals surface area contributed by atoms with Crippen molar-refractivity contribution in [3.8, 4) is 0 Å². The molecule has 0 spiro atoms. The van der Waals surface area contributed by atoms with Crippen LogP contribution in [0.1, 0.15) is 36.6 Å². The summed E-state index contributed by atoms with van der Waals surface area (Å²) in [5.74, 6) is 0. The minimum Gasteiger partial charge on any atom is -0.361 e. The summed E-state index contributed by atoms with van der Waals surface area (Å²) in [5, 5.41) is 11.3. The van der Waals surface area contributed by atoms with Crippen LogP contribution >= 0.6 is 15.9 Å². The van der Waals surface area contributed by atoms with Crippen LogP contribution in [-0.2, 0) is 6.42 Å². The number of likely N-dealkylation sites (tertiary alicyclic amines) is 1. The van der Waals surface area contributed by atoms with Crippen molar-refractivity contribution in [3.63, 3.8) is 0 Å². The third-order valence-corrected chi connectivity index (χ3v) is 5.71. The van der Waals surface area contributed by atoms with Gasteiger partial charge in [0.1, 0.15) is 0 Å². The molecule has 7 heteroatoms. The number of nitrogens with one attached hydrogen (secondary N) is 3. The molecule has 0 radical (unpaired) electrons. The molecule has 0 bridgehead atoms. The molecule has 3 aromatic rings. The second-order valence-corrected chi connectivity index (χ2v) is 7.53. The molecule has 1 fully saturated rings. The summed E-state index contributed by atoms with van der Waals surface area (Å²) in [6.07, 6.45) is 7.72. The van der Waals surface area contributed by atoms with Crippen LogP contribution in [0, 0.1) is 0 Å². The second-order valence-electron chi connectivity index (χ2n) is 6.68. The van der Waals surface area contributed by atoms with Crippen molar-refractivity contribution in [2.75, 3.05) is 13.1 Å². The van der Waals surface area contributed by atoms with Gasteiger partial charge in [0.2, 0.25) is 0 Å². The maximum Gasteiger partial charge on any atom is 0.317 e. The monoisotopic (exact) mass is 415 g/mol. The lowest BCUT2D eigenvalue weighted by molar-refractivity contribution is 0.150. The van der Waals surface area contributed by atoms with Gasteiger partial charge >= 0.3 is 6.03 Å². The standard InChI is InChI=1S/C19H22BrN5O/c20-14-4-3-5-16-18(14)13(12-22-16)7-9-21-19(26)25-11-2-1-6-17(25)15-8-10-23-24-15/h3-5,8,10,12,17,22H,1-2,6-7,9,11H2,(H,21,26)(H,23,24). The summed E-state index contributed by atoms with van der Waals surface area (Å²) in [6.45, 7) is 1.40. The average Bonchev–Trinajstić information content (AvgIpc) is 3.32. The van der Waals surface area contributed by atoms with Gasteiger partial charge in [-0.05, 0) is 49.4 Å². The Morgan fingerprint density at radius 2 is 2.27 bits per heavy atom. The summed E-state index contributed by atoms with van der Waals surface area (Å²) < 4.78 is 1.08. The molecule has 0 aliphatic carbocycles. The zero-order valence-electron chi connectivity index (χ0n) is 14.5. The highest BCUT2D eigenvalue weighted by molar-refractivity contribution is 9.10. The normalized spacial score (nSPS) is 17.6. The summed E-state index contributed by atoms with van der Waals surface area (Å²) in [4.78, 5) is 18.0. The summed E-state index contributed by atoms with van der Waals surface area (Å²) in [7, 11) is 0. The van der Waals surface area contributed by atoms with Crippen molar-refractivity contribution in [1.82, 2.24) is 25.4 Å². The SMILES string of the molecule is O=C(NCCc1c[nH]c2cccc(Br)c12)N1CCCCC1c1ccn[nH]1. The Morgan fingerprint density at radius 1 is 1.35 bits per heavy atom. The lowest BCUT2D eigenvalue weighted by Crippen LogP contribution is -2.45. The first-order valence-corrected chi connectivity index (χ1v) is 9.81. The highest BCUT2D eigenvalue weighted by atomic mass is 79.9. The van der Waals surface area contributed by atoms with Crippen LogP contribution in [-0.4, -0.2) is 39.2 Å². The van der Waals surface area contributed by atoms with Crippen molar-refractivity contribution < 1.29 is 4.79 Å². The molecule has 3 N–H and O–H groups in total. The van der Waals surface area contributed by atoms with Crippen LogP contribution in [0.15, 0.2) is 41.1 Å². The summed E-state index contributed by atoms with van der Waals surface area (Å²) in [6, 6.07) is 8.17. The number of fused-ring (bicyclic) bond motifs is 1. The van der Waals surface area contributed by atoms with Gasteiger partial charge in [0, 0.05) is 40.9 Å². The van der Waals surface area contributed by atoms with Crippen molar-refractivity contribution in [2.24, 2.45) is 0 Å². The van der Waals surface area contributed by atoms with Gasteiger partial charge in [-0.15, -0.1) is 0 Å². The lowest BCUT2D eigenvalue weighted by Gasteiger charge is -2.35. The Labute approximate surface area is 160 Å². The van der Waals surface area contributed by atoms with Gasteiger partial charge in [0.15, 0.2) is 0 Å². The Balaban J connectivity index is 1.40. The molecule has 1 aliphatic rings. The highest BCUT2D eigenvalue weighted by Gasteiger charge is 2.28. The first-order chi connectivity index (χ1) is 12.7. The summed E-state index contributed by atoms with van der Waals surface area (Å²) in [5.41, 5.74) is 3.33. The Bertz CT molecular complexity index is 889. The molecule has 1 atom stereocenters. The van der Waals surface area contributed by atoms with Gasteiger partial charge in [-0.3, -0.25) is 5.10 Å². The van der Waals surface area contributed by atoms with Crippen molar-refractivity contribution in [1.29, 1.82) is 0 Å². The molecular formula is C19H22BrN5O. The van der Waals surface area contributed by atoms with E-state index in [1.165, 1.54) is 10.9 Å². The van der Waals surface area contributed by atoms with E-state index in [-0.39, 0.29) is 12.1 Å². The van der Waals surface area contributed by atoms with Crippen LogP contribution in [0.3, 0.4) is 0 Å². The first kappa shape index (κ1) is 17.1. The van der Waals surface area contributed by atoms with Crippen molar-refractivity contribution in [2.45, 2.75) is 31.7 Å².